The number of fused-ring (bicyclic) bond motifs is 4. The highest BCUT2D eigenvalue weighted by Gasteiger charge is 2.44. The lowest BCUT2D eigenvalue weighted by atomic mass is 9.33. The van der Waals surface area contributed by atoms with Crippen molar-refractivity contribution < 1.29 is 0 Å². The first-order valence-corrected chi connectivity index (χ1v) is 16.4. The Morgan fingerprint density at radius 2 is 1.07 bits per heavy atom. The van der Waals surface area contributed by atoms with Crippen LogP contribution in [0.5, 0.6) is 0 Å². The van der Waals surface area contributed by atoms with Gasteiger partial charge in [-0.25, -0.2) is 0 Å². The first-order chi connectivity index (χ1) is 21.3. The molecule has 2 heterocycles. The Morgan fingerprint density at radius 3 is 1.53 bits per heavy atom. The lowest BCUT2D eigenvalue weighted by molar-refractivity contribution is 0.444. The van der Waals surface area contributed by atoms with E-state index < -0.39 is 0 Å². The molecule has 2 aliphatic heterocycles. The van der Waals surface area contributed by atoms with Gasteiger partial charge in [0, 0.05) is 34.1 Å². The summed E-state index contributed by atoms with van der Waals surface area (Å²) in [5.74, 6) is 0.606. The molecule has 0 N–H and O–H groups in total. The van der Waals surface area contributed by atoms with Crippen LogP contribution in [0, 0.1) is 0 Å². The highest BCUT2D eigenvalue weighted by Crippen LogP contribution is 2.48. The average molecular weight is 559 g/mol. The van der Waals surface area contributed by atoms with Gasteiger partial charge in [-0.3, -0.25) is 0 Å². The largest absolute Gasteiger partial charge is 0.311 e. The fraction of sp³-hybridized carbons (Fsp3) is 0.250. The lowest BCUT2D eigenvalue weighted by Crippen LogP contribution is -2.61. The molecule has 1 fully saturated rings. The van der Waals surface area contributed by atoms with Crippen LogP contribution < -0.4 is 26.2 Å². The van der Waals surface area contributed by atoms with Crippen LogP contribution in [0.1, 0.15) is 68.6 Å². The number of aryl methyl sites for hydroxylation is 2. The molecule has 43 heavy (non-hydrogen) atoms. The minimum Gasteiger partial charge on any atom is -0.311 e. The van der Waals surface area contributed by atoms with Gasteiger partial charge in [0.2, 0.25) is 0 Å². The Morgan fingerprint density at radius 1 is 0.581 bits per heavy atom. The molecular weight excluding hydrogens is 519 g/mol. The van der Waals surface area contributed by atoms with Crippen molar-refractivity contribution in [1.29, 1.82) is 0 Å². The van der Waals surface area contributed by atoms with Crippen LogP contribution >= 0.6 is 0 Å². The predicted molar refractivity (Wildman–Crippen MR) is 185 cm³/mol. The molecule has 0 unspecified atom stereocenters. The number of benzene rings is 5. The van der Waals surface area contributed by atoms with Gasteiger partial charge in [0.15, 0.2) is 0 Å². The Balaban J connectivity index is 1.51. The van der Waals surface area contributed by atoms with Crippen LogP contribution in [0.2, 0.25) is 0 Å². The summed E-state index contributed by atoms with van der Waals surface area (Å²) < 4.78 is 0. The summed E-state index contributed by atoms with van der Waals surface area (Å²) in [6.07, 6.45) is 8.59. The summed E-state index contributed by atoms with van der Waals surface area (Å²) in [4.78, 5) is 5.21. The van der Waals surface area contributed by atoms with E-state index >= 15 is 0 Å². The zero-order valence-corrected chi connectivity index (χ0v) is 25.4. The quantitative estimate of drug-likeness (QED) is 0.195. The Kier molecular flexibility index (Phi) is 6.63. The predicted octanol–water partition coefficient (Wildman–Crippen LogP) is 8.94. The molecule has 3 aliphatic rings. The fourth-order valence-corrected chi connectivity index (χ4v) is 8.20. The first-order valence-electron chi connectivity index (χ1n) is 16.4. The normalized spacial score (nSPS) is 15.6. The van der Waals surface area contributed by atoms with Gasteiger partial charge in [-0.1, -0.05) is 106 Å². The molecule has 0 aromatic heterocycles. The van der Waals surface area contributed by atoms with Gasteiger partial charge in [0.1, 0.15) is 0 Å². The minimum absolute atomic E-state index is 0.188. The minimum atomic E-state index is 0.188. The van der Waals surface area contributed by atoms with Crippen LogP contribution in [0.25, 0.3) is 0 Å². The Hall–Kier alpha value is -4.24. The van der Waals surface area contributed by atoms with E-state index in [9.17, 15) is 0 Å². The van der Waals surface area contributed by atoms with Crippen molar-refractivity contribution in [3.63, 3.8) is 0 Å². The van der Waals surface area contributed by atoms with E-state index in [1.54, 1.807) is 0 Å². The monoisotopic (exact) mass is 558 g/mol. The molecular formula is C40H39BN2. The Labute approximate surface area is 257 Å². The number of para-hydroxylation sites is 4. The second-order valence-electron chi connectivity index (χ2n) is 12.5. The third-order valence-corrected chi connectivity index (χ3v) is 10.2. The molecule has 8 rings (SSSR count). The van der Waals surface area contributed by atoms with E-state index in [1.165, 1.54) is 99.3 Å². The van der Waals surface area contributed by atoms with E-state index in [-0.39, 0.29) is 6.71 Å². The number of anilines is 6. The van der Waals surface area contributed by atoms with E-state index in [0.717, 1.165) is 12.8 Å². The zero-order chi connectivity index (χ0) is 28.9. The van der Waals surface area contributed by atoms with Crippen LogP contribution in [0.3, 0.4) is 0 Å². The number of rotatable bonds is 5. The summed E-state index contributed by atoms with van der Waals surface area (Å²) in [5.41, 5.74) is 16.6. The highest BCUT2D eigenvalue weighted by molar-refractivity contribution is 7.00. The average Bonchev–Trinajstić information content (AvgIpc) is 3.08. The first kappa shape index (κ1) is 26.4. The van der Waals surface area contributed by atoms with Gasteiger partial charge in [-0.15, -0.1) is 0 Å². The SMILES string of the molecule is CCc1cccc2c1N(c1ccccc1)c1cc(C3CCCCC3)cc3c1B2c1cccc(CC)c1N3c1ccccc1. The van der Waals surface area contributed by atoms with Crippen molar-refractivity contribution >= 4 is 57.2 Å². The van der Waals surface area contributed by atoms with E-state index in [2.05, 4.69) is 133 Å². The van der Waals surface area contributed by atoms with Crippen molar-refractivity contribution in [2.75, 3.05) is 9.80 Å². The smallest absolute Gasteiger partial charge is 0.252 e. The van der Waals surface area contributed by atoms with Crippen molar-refractivity contribution in [3.05, 3.63) is 126 Å². The van der Waals surface area contributed by atoms with Crippen LogP contribution in [0.4, 0.5) is 34.1 Å². The molecule has 5 aromatic carbocycles. The van der Waals surface area contributed by atoms with E-state index in [0.29, 0.717) is 5.92 Å². The van der Waals surface area contributed by atoms with Gasteiger partial charge in [0.05, 0.1) is 0 Å². The maximum absolute atomic E-state index is 2.60. The fourth-order valence-electron chi connectivity index (χ4n) is 8.20. The molecule has 1 saturated carbocycles. The van der Waals surface area contributed by atoms with Gasteiger partial charge >= 0.3 is 0 Å². The molecule has 2 nitrogen and oxygen atoms in total. The van der Waals surface area contributed by atoms with Gasteiger partial charge < -0.3 is 9.80 Å². The van der Waals surface area contributed by atoms with Gasteiger partial charge in [-0.2, -0.15) is 0 Å². The molecule has 0 amide bonds. The molecule has 0 radical (unpaired) electrons. The molecule has 0 saturated heterocycles. The molecule has 0 spiro atoms. The van der Waals surface area contributed by atoms with Crippen molar-refractivity contribution in [2.24, 2.45) is 0 Å². The van der Waals surface area contributed by atoms with E-state index in [4.69, 9.17) is 0 Å². The topological polar surface area (TPSA) is 6.48 Å². The molecule has 0 bridgehead atoms. The van der Waals surface area contributed by atoms with Gasteiger partial charge in [-0.05, 0) is 101 Å². The van der Waals surface area contributed by atoms with Crippen molar-refractivity contribution in [1.82, 2.24) is 0 Å². The summed E-state index contributed by atoms with van der Waals surface area (Å²) in [7, 11) is 0. The van der Waals surface area contributed by atoms with Crippen LogP contribution in [0.15, 0.2) is 109 Å². The Bertz CT molecular complexity index is 1670. The van der Waals surface area contributed by atoms with Crippen molar-refractivity contribution in [3.8, 4) is 0 Å². The van der Waals surface area contributed by atoms with Crippen molar-refractivity contribution in [2.45, 2.75) is 64.7 Å². The van der Waals surface area contributed by atoms with Crippen LogP contribution in [-0.2, 0) is 12.8 Å². The van der Waals surface area contributed by atoms with E-state index in [1.807, 2.05) is 0 Å². The summed E-state index contributed by atoms with van der Waals surface area (Å²) in [5, 5.41) is 0. The standard InChI is InChI=1S/C40H39BN2/c1-3-28-18-14-24-34-39(28)42(32-20-10-6-11-21-32)36-26-31(30-16-8-5-9-17-30)27-37-38(36)41(34)35-25-15-19-29(4-2)40(35)43(37)33-22-12-7-13-23-33/h6-7,10-15,18-27,30H,3-5,8-9,16-17H2,1-2H3. The summed E-state index contributed by atoms with van der Waals surface area (Å²) >= 11 is 0. The molecule has 1 aliphatic carbocycles. The zero-order valence-electron chi connectivity index (χ0n) is 25.4. The number of hydrogen-bond acceptors (Lipinski definition) is 2. The summed E-state index contributed by atoms with van der Waals surface area (Å²) in [6, 6.07) is 41.4. The van der Waals surface area contributed by atoms with Gasteiger partial charge in [0.25, 0.3) is 6.71 Å². The third kappa shape index (κ3) is 4.16. The van der Waals surface area contributed by atoms with Crippen LogP contribution in [-0.4, -0.2) is 6.71 Å². The third-order valence-electron chi connectivity index (χ3n) is 10.2. The molecule has 0 atom stereocenters. The second kappa shape index (κ2) is 10.8. The lowest BCUT2D eigenvalue weighted by Gasteiger charge is -2.46. The number of hydrogen-bond donors (Lipinski definition) is 0. The molecule has 3 heteroatoms. The number of nitrogens with zero attached hydrogens (tertiary/aromatic N) is 2. The maximum atomic E-state index is 2.60. The molecule has 212 valence electrons. The second-order valence-corrected chi connectivity index (χ2v) is 12.5. The maximum Gasteiger partial charge on any atom is 0.252 e. The highest BCUT2D eigenvalue weighted by atomic mass is 15.2. The summed E-state index contributed by atoms with van der Waals surface area (Å²) in [6.45, 7) is 4.80. The molecule has 5 aromatic rings.